The van der Waals surface area contributed by atoms with Gasteiger partial charge in [-0.05, 0) is 25.5 Å². The van der Waals surface area contributed by atoms with Crippen molar-refractivity contribution in [1.29, 1.82) is 0 Å². The smallest absolute Gasteiger partial charge is 0.282 e. The zero-order valence-corrected chi connectivity index (χ0v) is 13.5. The molecule has 2 N–H and O–H groups in total. The molecule has 0 aromatic heterocycles. The highest BCUT2D eigenvalue weighted by Gasteiger charge is 2.32. The van der Waals surface area contributed by atoms with Gasteiger partial charge in [0.2, 0.25) is 6.79 Å². The predicted molar refractivity (Wildman–Crippen MR) is 84.3 cm³/mol. The van der Waals surface area contributed by atoms with Gasteiger partial charge in [0.05, 0.1) is 13.1 Å². The first kappa shape index (κ1) is 15.2. The number of amides is 1. The third kappa shape index (κ3) is 3.19. The van der Waals surface area contributed by atoms with Gasteiger partial charge in [-0.3, -0.25) is 4.79 Å². The van der Waals surface area contributed by atoms with Gasteiger partial charge in [-0.1, -0.05) is 13.8 Å². The minimum Gasteiger partial charge on any atom is -0.454 e. The summed E-state index contributed by atoms with van der Waals surface area (Å²) in [6.45, 7) is 8.95. The first-order valence-electron chi connectivity index (χ1n) is 8.08. The predicted octanol–water partition coefficient (Wildman–Crippen LogP) is 1.30. The molecule has 2 heterocycles. The molecule has 2 aliphatic heterocycles. The summed E-state index contributed by atoms with van der Waals surface area (Å²) in [5, 5.41) is 3.00. The van der Waals surface area contributed by atoms with Gasteiger partial charge in [-0.15, -0.1) is 0 Å². The van der Waals surface area contributed by atoms with E-state index in [0.717, 1.165) is 24.5 Å². The number of benzene rings is 1. The fourth-order valence-corrected chi connectivity index (χ4v) is 3.60. The van der Waals surface area contributed by atoms with Gasteiger partial charge in [-0.2, -0.15) is 0 Å². The fraction of sp³-hybridized carbons (Fsp3) is 0.588. The lowest BCUT2D eigenvalue weighted by molar-refractivity contribution is -0.925. The first-order chi connectivity index (χ1) is 10.5. The summed E-state index contributed by atoms with van der Waals surface area (Å²) in [5.74, 6) is 2.85. The molecule has 120 valence electrons. The summed E-state index contributed by atoms with van der Waals surface area (Å²) in [6.07, 6.45) is 1.26. The van der Waals surface area contributed by atoms with Crippen molar-refractivity contribution < 1.29 is 19.2 Å². The molecule has 1 amide bonds. The van der Waals surface area contributed by atoms with Gasteiger partial charge in [0.25, 0.3) is 5.91 Å². The Morgan fingerprint density at radius 1 is 1.23 bits per heavy atom. The molecule has 1 fully saturated rings. The minimum absolute atomic E-state index is 0.0457. The maximum atomic E-state index is 12.5. The zero-order chi connectivity index (χ0) is 15.7. The van der Waals surface area contributed by atoms with Crippen LogP contribution >= 0.6 is 0 Å². The largest absolute Gasteiger partial charge is 0.454 e. The van der Waals surface area contributed by atoms with Crippen LogP contribution in [0.2, 0.25) is 0 Å². The molecule has 5 heteroatoms. The Balaban J connectivity index is 1.63. The van der Waals surface area contributed by atoms with E-state index in [0.29, 0.717) is 17.6 Å². The number of carbonyl (C=O) groups excluding carboxylic acids is 1. The number of nitrogens with one attached hydrogen (secondary N) is 2. The highest BCUT2D eigenvalue weighted by molar-refractivity contribution is 5.93. The monoisotopic (exact) mass is 305 g/mol. The van der Waals surface area contributed by atoms with Crippen molar-refractivity contribution in [3.05, 3.63) is 18.2 Å². The van der Waals surface area contributed by atoms with Gasteiger partial charge < -0.3 is 19.7 Å². The molecule has 0 spiro atoms. The van der Waals surface area contributed by atoms with E-state index < -0.39 is 0 Å². The molecule has 0 saturated carbocycles. The molecule has 22 heavy (non-hydrogen) atoms. The number of piperidine rings is 1. The van der Waals surface area contributed by atoms with Crippen LogP contribution < -0.4 is 19.7 Å². The van der Waals surface area contributed by atoms with E-state index in [9.17, 15) is 4.79 Å². The minimum atomic E-state index is -0.0457. The van der Waals surface area contributed by atoms with Crippen molar-refractivity contribution in [2.24, 2.45) is 11.8 Å². The number of fused-ring (bicyclic) bond motifs is 1. The quantitative estimate of drug-likeness (QED) is 0.885. The number of ether oxygens (including phenoxy) is 2. The molecule has 1 aromatic carbocycles. The average Bonchev–Trinajstić information content (AvgIpc) is 2.93. The van der Waals surface area contributed by atoms with Crippen LogP contribution in [0.1, 0.15) is 27.2 Å². The van der Waals surface area contributed by atoms with E-state index in [1.165, 1.54) is 11.3 Å². The van der Waals surface area contributed by atoms with Crippen LogP contribution in [0.5, 0.6) is 11.5 Å². The Morgan fingerprint density at radius 2 is 1.91 bits per heavy atom. The van der Waals surface area contributed by atoms with Crippen molar-refractivity contribution in [3.8, 4) is 11.5 Å². The standard InChI is InChI=1S/C17H24N2O3/c1-11-6-12(2)9-19(8-11)13(3)17(20)18-14-4-5-15-16(7-14)22-10-21-15/h4-5,7,11-13H,6,8-10H2,1-3H3,(H,18,20)/p+1/t11-,12+,13-/m0/s1. The lowest BCUT2D eigenvalue weighted by atomic mass is 9.91. The maximum absolute atomic E-state index is 12.5. The van der Waals surface area contributed by atoms with Gasteiger partial charge in [0.1, 0.15) is 0 Å². The Kier molecular flexibility index (Phi) is 4.25. The van der Waals surface area contributed by atoms with Crippen LogP contribution in [-0.2, 0) is 4.79 Å². The van der Waals surface area contributed by atoms with Gasteiger partial charge in [-0.25, -0.2) is 0 Å². The average molecular weight is 305 g/mol. The second-order valence-corrected chi connectivity index (χ2v) is 6.79. The van der Waals surface area contributed by atoms with Crippen molar-refractivity contribution >= 4 is 11.6 Å². The summed E-state index contributed by atoms with van der Waals surface area (Å²) in [5.41, 5.74) is 0.763. The third-order valence-electron chi connectivity index (χ3n) is 4.67. The number of carbonyl (C=O) groups is 1. The molecule has 1 saturated heterocycles. The maximum Gasteiger partial charge on any atom is 0.282 e. The van der Waals surface area contributed by atoms with E-state index in [4.69, 9.17) is 9.47 Å². The van der Waals surface area contributed by atoms with Gasteiger partial charge >= 0.3 is 0 Å². The first-order valence-corrected chi connectivity index (χ1v) is 8.08. The van der Waals surface area contributed by atoms with E-state index in [1.54, 1.807) is 0 Å². The Morgan fingerprint density at radius 3 is 2.64 bits per heavy atom. The zero-order valence-electron chi connectivity index (χ0n) is 13.5. The number of likely N-dealkylation sites (tertiary alicyclic amines) is 1. The van der Waals surface area contributed by atoms with Crippen LogP contribution in [0.25, 0.3) is 0 Å². The molecule has 2 aliphatic rings. The molecule has 5 nitrogen and oxygen atoms in total. The van der Waals surface area contributed by atoms with Gasteiger partial charge in [0.15, 0.2) is 17.5 Å². The van der Waals surface area contributed by atoms with Crippen LogP contribution in [0.15, 0.2) is 18.2 Å². The summed E-state index contributed by atoms with van der Waals surface area (Å²) >= 11 is 0. The molecule has 3 rings (SSSR count). The molecule has 1 unspecified atom stereocenters. The van der Waals surface area contributed by atoms with E-state index in [1.807, 2.05) is 25.1 Å². The second kappa shape index (κ2) is 6.16. The third-order valence-corrected chi connectivity index (χ3v) is 4.67. The number of rotatable bonds is 3. The van der Waals surface area contributed by atoms with Crippen molar-refractivity contribution in [1.82, 2.24) is 0 Å². The lowest BCUT2D eigenvalue weighted by Gasteiger charge is -2.35. The molecule has 4 atom stereocenters. The lowest BCUT2D eigenvalue weighted by Crippen LogP contribution is -3.18. The summed E-state index contributed by atoms with van der Waals surface area (Å²) < 4.78 is 10.6. The van der Waals surface area contributed by atoms with Crippen LogP contribution in [-0.4, -0.2) is 31.8 Å². The molecule has 0 bridgehead atoms. The van der Waals surface area contributed by atoms with E-state index in [2.05, 4.69) is 19.2 Å². The number of anilines is 1. The summed E-state index contributed by atoms with van der Waals surface area (Å²) in [4.78, 5) is 13.9. The van der Waals surface area contributed by atoms with Crippen molar-refractivity contribution in [2.45, 2.75) is 33.2 Å². The van der Waals surface area contributed by atoms with E-state index >= 15 is 0 Å². The van der Waals surface area contributed by atoms with Crippen molar-refractivity contribution in [2.75, 3.05) is 25.2 Å². The molecular formula is C17H25N2O3+. The number of hydrogen-bond acceptors (Lipinski definition) is 3. The highest BCUT2D eigenvalue weighted by Crippen LogP contribution is 2.34. The van der Waals surface area contributed by atoms with Gasteiger partial charge in [0, 0.05) is 23.6 Å². The Labute approximate surface area is 131 Å². The summed E-state index contributed by atoms with van der Waals surface area (Å²) in [6, 6.07) is 5.47. The second-order valence-electron chi connectivity index (χ2n) is 6.79. The highest BCUT2D eigenvalue weighted by atomic mass is 16.7. The molecule has 0 aliphatic carbocycles. The number of quaternary nitrogens is 1. The molecule has 1 aromatic rings. The Hall–Kier alpha value is -1.75. The molecular weight excluding hydrogens is 280 g/mol. The normalized spacial score (nSPS) is 28.2. The Bertz CT molecular complexity index is 551. The van der Waals surface area contributed by atoms with Crippen LogP contribution in [0, 0.1) is 11.8 Å². The van der Waals surface area contributed by atoms with Crippen molar-refractivity contribution in [3.63, 3.8) is 0 Å². The van der Waals surface area contributed by atoms with Crippen LogP contribution in [0.3, 0.4) is 0 Å². The number of hydrogen-bond donors (Lipinski definition) is 2. The summed E-state index contributed by atoms with van der Waals surface area (Å²) in [7, 11) is 0. The molecule has 0 radical (unpaired) electrons. The fourth-order valence-electron chi connectivity index (χ4n) is 3.60. The topological polar surface area (TPSA) is 52.0 Å². The van der Waals surface area contributed by atoms with Crippen LogP contribution in [0.4, 0.5) is 5.69 Å². The SMILES string of the molecule is C[C@@H]1C[C@H](C)C[NH+]([C@@H](C)C(=O)Nc2ccc3c(c2)OCO3)C1. The van der Waals surface area contributed by atoms with E-state index in [-0.39, 0.29) is 18.7 Å².